The first-order valence-corrected chi connectivity index (χ1v) is 11.0. The molecular formula is C23H22N5O4S-. The molecule has 1 heterocycles. The van der Waals surface area contributed by atoms with Crippen molar-refractivity contribution in [3.05, 3.63) is 83.7 Å². The zero-order valence-corrected chi connectivity index (χ0v) is 18.7. The Morgan fingerprint density at radius 3 is 2.67 bits per heavy atom. The highest BCUT2D eigenvalue weighted by atomic mass is 32.2. The molecular weight excluding hydrogens is 442 g/mol. The number of nitrogens with one attached hydrogen (secondary N) is 2. The summed E-state index contributed by atoms with van der Waals surface area (Å²) in [4.78, 5) is 35.8. The summed E-state index contributed by atoms with van der Waals surface area (Å²) in [6, 6.07) is 13.1. The fraction of sp³-hybridized carbons (Fsp3) is 0.174. The van der Waals surface area contributed by atoms with Gasteiger partial charge in [-0.1, -0.05) is 48.2 Å². The number of hydrogen-bond acceptors (Lipinski definition) is 7. The second-order valence-electron chi connectivity index (χ2n) is 7.00. The second-order valence-corrected chi connectivity index (χ2v) is 7.94. The minimum Gasteiger partial charge on any atom is -0.545 e. The molecule has 9 nitrogen and oxygen atoms in total. The van der Waals surface area contributed by atoms with Crippen LogP contribution in [0.3, 0.4) is 0 Å². The lowest BCUT2D eigenvalue weighted by atomic mass is 10.1. The number of aromatic carboxylic acids is 1. The topological polar surface area (TPSA) is 129 Å². The van der Waals surface area contributed by atoms with E-state index in [1.54, 1.807) is 28.8 Å². The highest BCUT2D eigenvalue weighted by molar-refractivity contribution is 7.99. The molecule has 3 aromatic rings. The van der Waals surface area contributed by atoms with E-state index < -0.39 is 5.97 Å². The number of hydrogen-bond donors (Lipinski definition) is 2. The summed E-state index contributed by atoms with van der Waals surface area (Å²) in [5.74, 6) is -1.31. The number of carbonyl (C=O) groups is 3. The number of carboxylic acids is 1. The van der Waals surface area contributed by atoms with Gasteiger partial charge in [0.25, 0.3) is 5.91 Å². The van der Waals surface area contributed by atoms with Crippen molar-refractivity contribution in [2.24, 2.45) is 0 Å². The third-order valence-corrected chi connectivity index (χ3v) is 5.58. The van der Waals surface area contributed by atoms with Gasteiger partial charge in [0.05, 0.1) is 18.3 Å². The van der Waals surface area contributed by atoms with Crippen LogP contribution in [0.15, 0.2) is 66.3 Å². The highest BCUT2D eigenvalue weighted by Crippen LogP contribution is 2.18. The maximum atomic E-state index is 12.5. The van der Waals surface area contributed by atoms with E-state index in [2.05, 4.69) is 27.4 Å². The molecule has 3 rings (SSSR count). The SMILES string of the molecule is C=CCn1c(CNC(=O)c2ccccc2C)nnc1SCC(=O)Nc1cccc(C(=O)[O-])c1. The molecule has 0 unspecified atom stereocenters. The van der Waals surface area contributed by atoms with Gasteiger partial charge in [0, 0.05) is 17.8 Å². The molecule has 33 heavy (non-hydrogen) atoms. The van der Waals surface area contributed by atoms with Gasteiger partial charge >= 0.3 is 0 Å². The molecule has 0 bridgehead atoms. The van der Waals surface area contributed by atoms with Crippen molar-refractivity contribution in [2.45, 2.75) is 25.2 Å². The van der Waals surface area contributed by atoms with E-state index in [1.165, 1.54) is 30.0 Å². The molecule has 2 aromatic carbocycles. The average molecular weight is 465 g/mol. The normalized spacial score (nSPS) is 10.5. The number of carboxylic acid groups (broad SMARTS) is 1. The van der Waals surface area contributed by atoms with Crippen molar-refractivity contribution in [1.29, 1.82) is 0 Å². The number of rotatable bonds is 10. The number of aromatic nitrogens is 3. The summed E-state index contributed by atoms with van der Waals surface area (Å²) < 4.78 is 1.76. The largest absolute Gasteiger partial charge is 0.545 e. The van der Waals surface area contributed by atoms with Crippen molar-refractivity contribution >= 4 is 35.2 Å². The first-order chi connectivity index (χ1) is 15.9. The van der Waals surface area contributed by atoms with Crippen LogP contribution in [0.5, 0.6) is 0 Å². The molecule has 0 spiro atoms. The Morgan fingerprint density at radius 1 is 1.15 bits per heavy atom. The van der Waals surface area contributed by atoms with Crippen LogP contribution < -0.4 is 15.7 Å². The van der Waals surface area contributed by atoms with Crippen LogP contribution in [-0.4, -0.2) is 38.3 Å². The smallest absolute Gasteiger partial charge is 0.251 e. The Hall–Kier alpha value is -3.92. The Bertz CT molecular complexity index is 1190. The van der Waals surface area contributed by atoms with Crippen molar-refractivity contribution in [3.63, 3.8) is 0 Å². The van der Waals surface area contributed by atoms with Gasteiger partial charge in [0.2, 0.25) is 5.91 Å². The minimum absolute atomic E-state index is 0.0245. The van der Waals surface area contributed by atoms with Gasteiger partial charge in [0.1, 0.15) is 0 Å². The minimum atomic E-state index is -1.32. The number of nitrogens with zero attached hydrogens (tertiary/aromatic N) is 3. The predicted octanol–water partition coefficient (Wildman–Crippen LogP) is 1.80. The first kappa shape index (κ1) is 23.7. The summed E-state index contributed by atoms with van der Waals surface area (Å²) in [6.45, 7) is 6.17. The van der Waals surface area contributed by atoms with Crippen molar-refractivity contribution in [1.82, 2.24) is 20.1 Å². The molecule has 0 saturated carbocycles. The lowest BCUT2D eigenvalue weighted by Gasteiger charge is -2.10. The van der Waals surface area contributed by atoms with E-state index in [-0.39, 0.29) is 29.7 Å². The number of allylic oxidation sites excluding steroid dienone is 1. The van der Waals surface area contributed by atoms with Gasteiger partial charge in [-0.3, -0.25) is 9.59 Å². The van der Waals surface area contributed by atoms with Gasteiger partial charge in [-0.25, -0.2) is 0 Å². The van der Waals surface area contributed by atoms with Gasteiger partial charge in [-0.15, -0.1) is 16.8 Å². The fourth-order valence-electron chi connectivity index (χ4n) is 3.00. The zero-order valence-electron chi connectivity index (χ0n) is 17.9. The van der Waals surface area contributed by atoms with E-state index in [0.29, 0.717) is 28.8 Å². The summed E-state index contributed by atoms with van der Waals surface area (Å²) in [7, 11) is 0. The molecule has 0 atom stereocenters. The molecule has 0 radical (unpaired) electrons. The van der Waals surface area contributed by atoms with Crippen molar-refractivity contribution in [2.75, 3.05) is 11.1 Å². The van der Waals surface area contributed by atoms with Gasteiger partial charge in [0.15, 0.2) is 11.0 Å². The van der Waals surface area contributed by atoms with Crippen LogP contribution in [0.2, 0.25) is 0 Å². The van der Waals surface area contributed by atoms with Crippen LogP contribution in [0.25, 0.3) is 0 Å². The summed E-state index contributed by atoms with van der Waals surface area (Å²) in [5, 5.41) is 25.2. The standard InChI is InChI=1S/C23H23N5O4S/c1-3-11-28-19(13-24-21(30)18-10-5-4-7-15(18)2)26-27-23(28)33-14-20(29)25-17-9-6-8-16(12-17)22(31)32/h3-10,12H,1,11,13-14H2,2H3,(H,24,30)(H,25,29)(H,31,32)/p-1. The van der Waals surface area contributed by atoms with Crippen molar-refractivity contribution in [3.8, 4) is 0 Å². The van der Waals surface area contributed by atoms with Crippen LogP contribution in [0.1, 0.15) is 32.1 Å². The number of aryl methyl sites for hydroxylation is 1. The van der Waals surface area contributed by atoms with Crippen LogP contribution in [-0.2, 0) is 17.9 Å². The Kier molecular flexibility index (Phi) is 7.98. The van der Waals surface area contributed by atoms with Crippen molar-refractivity contribution < 1.29 is 19.5 Å². The number of amides is 2. The van der Waals surface area contributed by atoms with Crippen LogP contribution in [0, 0.1) is 6.92 Å². The third-order valence-electron chi connectivity index (χ3n) is 4.62. The molecule has 1 aromatic heterocycles. The maximum absolute atomic E-state index is 12.5. The zero-order chi connectivity index (χ0) is 23.8. The monoisotopic (exact) mass is 464 g/mol. The molecule has 10 heteroatoms. The molecule has 2 N–H and O–H groups in total. The lowest BCUT2D eigenvalue weighted by Crippen LogP contribution is -2.25. The summed E-state index contributed by atoms with van der Waals surface area (Å²) >= 11 is 1.17. The van der Waals surface area contributed by atoms with Crippen LogP contribution >= 0.6 is 11.8 Å². The lowest BCUT2D eigenvalue weighted by molar-refractivity contribution is -0.255. The fourth-order valence-corrected chi connectivity index (χ4v) is 3.77. The second kappa shape index (κ2) is 11.1. The Morgan fingerprint density at radius 2 is 1.94 bits per heavy atom. The van der Waals surface area contributed by atoms with Gasteiger partial charge in [-0.2, -0.15) is 0 Å². The third kappa shape index (κ3) is 6.30. The van der Waals surface area contributed by atoms with Gasteiger partial charge in [-0.05, 0) is 36.2 Å². The first-order valence-electron chi connectivity index (χ1n) is 10.00. The number of thioether (sulfide) groups is 1. The highest BCUT2D eigenvalue weighted by Gasteiger charge is 2.15. The predicted molar refractivity (Wildman–Crippen MR) is 123 cm³/mol. The number of anilines is 1. The average Bonchev–Trinajstić information content (AvgIpc) is 3.18. The van der Waals surface area contributed by atoms with E-state index in [0.717, 1.165) is 5.56 Å². The molecule has 0 fully saturated rings. The number of benzene rings is 2. The molecule has 0 aliphatic heterocycles. The Balaban J connectivity index is 1.62. The van der Waals surface area contributed by atoms with E-state index in [4.69, 9.17) is 0 Å². The number of carbonyl (C=O) groups excluding carboxylic acids is 3. The van der Waals surface area contributed by atoms with E-state index >= 15 is 0 Å². The van der Waals surface area contributed by atoms with Gasteiger partial charge < -0.3 is 25.1 Å². The molecule has 0 saturated heterocycles. The Labute approximate surface area is 194 Å². The maximum Gasteiger partial charge on any atom is 0.251 e. The summed E-state index contributed by atoms with van der Waals surface area (Å²) in [5.41, 5.74) is 1.79. The van der Waals surface area contributed by atoms with E-state index in [9.17, 15) is 19.5 Å². The van der Waals surface area contributed by atoms with E-state index in [1.807, 2.05) is 19.1 Å². The molecule has 0 aliphatic carbocycles. The molecule has 0 aliphatic rings. The quantitative estimate of drug-likeness (QED) is 0.346. The molecule has 2 amide bonds. The van der Waals surface area contributed by atoms with Crippen LogP contribution in [0.4, 0.5) is 5.69 Å². The molecule has 170 valence electrons. The summed E-state index contributed by atoms with van der Waals surface area (Å²) in [6.07, 6.45) is 1.67.